The summed E-state index contributed by atoms with van der Waals surface area (Å²) in [7, 11) is 0. The molecule has 0 aliphatic carbocycles. The lowest BCUT2D eigenvalue weighted by Gasteiger charge is -2.29. The third kappa shape index (κ3) is 5.57. The molecule has 0 unspecified atom stereocenters. The second-order valence-electron chi connectivity index (χ2n) is 9.31. The summed E-state index contributed by atoms with van der Waals surface area (Å²) in [5.74, 6) is 1.57. The van der Waals surface area contributed by atoms with Crippen LogP contribution >= 0.6 is 0 Å². The van der Waals surface area contributed by atoms with Crippen molar-refractivity contribution in [2.45, 2.75) is 32.3 Å². The number of benzene rings is 3. The minimum atomic E-state index is -0.0204. The van der Waals surface area contributed by atoms with E-state index in [1.54, 1.807) is 18.1 Å². The Morgan fingerprint density at radius 2 is 1.77 bits per heavy atom. The van der Waals surface area contributed by atoms with Gasteiger partial charge in [-0.1, -0.05) is 60.7 Å². The maximum absolute atomic E-state index is 12.8. The Morgan fingerprint density at radius 1 is 1.00 bits per heavy atom. The Bertz CT molecular complexity index is 1260. The molecule has 0 spiro atoms. The Kier molecular flexibility index (Phi) is 7.15. The number of furan rings is 1. The van der Waals surface area contributed by atoms with E-state index < -0.39 is 0 Å². The van der Waals surface area contributed by atoms with E-state index in [4.69, 9.17) is 9.15 Å². The summed E-state index contributed by atoms with van der Waals surface area (Å²) in [6.45, 7) is 5.79. The number of amides is 1. The van der Waals surface area contributed by atoms with Gasteiger partial charge in [0.15, 0.2) is 0 Å². The van der Waals surface area contributed by atoms with Gasteiger partial charge in [-0.2, -0.15) is 0 Å². The lowest BCUT2D eigenvalue weighted by atomic mass is 9.97. The lowest BCUT2D eigenvalue weighted by molar-refractivity contribution is -0.116. The van der Waals surface area contributed by atoms with Crippen molar-refractivity contribution in [3.63, 3.8) is 0 Å². The van der Waals surface area contributed by atoms with Crippen LogP contribution in [-0.4, -0.2) is 37.0 Å². The Labute approximate surface area is 206 Å². The first kappa shape index (κ1) is 23.2. The van der Waals surface area contributed by atoms with E-state index in [-0.39, 0.29) is 11.8 Å². The highest BCUT2D eigenvalue weighted by molar-refractivity contribution is 6.00. The Hall–Kier alpha value is -3.57. The SMILES string of the molecule is CC(=O)N(C[C@H](CN1CCCC1)c1cccc(OCc2ccccc2)c1)c1occ2ccccc12. The smallest absolute Gasteiger partial charge is 0.226 e. The van der Waals surface area contributed by atoms with Crippen molar-refractivity contribution < 1.29 is 13.9 Å². The summed E-state index contributed by atoms with van der Waals surface area (Å²) in [5, 5.41) is 1.96. The van der Waals surface area contributed by atoms with Gasteiger partial charge in [-0.05, 0) is 55.3 Å². The minimum absolute atomic E-state index is 0.0204. The van der Waals surface area contributed by atoms with E-state index in [1.807, 2.05) is 54.6 Å². The number of anilines is 1. The number of ether oxygens (including phenoxy) is 1. The molecule has 3 aromatic carbocycles. The van der Waals surface area contributed by atoms with Gasteiger partial charge >= 0.3 is 0 Å². The van der Waals surface area contributed by atoms with Gasteiger partial charge in [-0.3, -0.25) is 9.69 Å². The van der Waals surface area contributed by atoms with Crippen LogP contribution in [0.1, 0.15) is 36.8 Å². The standard InChI is InChI=1S/C30H32N2O3/c1-23(33)32(30-29-15-6-5-12-26(29)22-35-30)20-27(19-31-16-7-8-17-31)25-13-9-14-28(18-25)34-21-24-10-3-2-4-11-24/h2-6,9-15,18,22,27H,7-8,16-17,19-21H2,1H3/t27-/m0/s1. The second-order valence-corrected chi connectivity index (χ2v) is 9.31. The molecule has 180 valence electrons. The Morgan fingerprint density at radius 3 is 2.57 bits per heavy atom. The van der Waals surface area contributed by atoms with Crippen LogP contribution in [0.25, 0.3) is 10.8 Å². The van der Waals surface area contributed by atoms with Crippen LogP contribution < -0.4 is 9.64 Å². The van der Waals surface area contributed by atoms with Crippen LogP contribution in [0.2, 0.25) is 0 Å². The van der Waals surface area contributed by atoms with Gasteiger partial charge in [0, 0.05) is 36.7 Å². The number of likely N-dealkylation sites (tertiary alicyclic amines) is 1. The van der Waals surface area contributed by atoms with E-state index in [0.29, 0.717) is 19.0 Å². The third-order valence-electron chi connectivity index (χ3n) is 6.77. The molecule has 1 aliphatic rings. The monoisotopic (exact) mass is 468 g/mol. The molecule has 0 radical (unpaired) electrons. The number of hydrogen-bond acceptors (Lipinski definition) is 4. The van der Waals surface area contributed by atoms with E-state index in [9.17, 15) is 4.79 Å². The average molecular weight is 469 g/mol. The van der Waals surface area contributed by atoms with Crippen molar-refractivity contribution in [1.29, 1.82) is 0 Å². The van der Waals surface area contributed by atoms with Crippen LogP contribution in [0.5, 0.6) is 5.75 Å². The fraction of sp³-hybridized carbons (Fsp3) is 0.300. The topological polar surface area (TPSA) is 45.9 Å². The van der Waals surface area contributed by atoms with Crippen molar-refractivity contribution in [1.82, 2.24) is 4.90 Å². The van der Waals surface area contributed by atoms with E-state index in [1.165, 1.54) is 18.4 Å². The van der Waals surface area contributed by atoms with E-state index in [2.05, 4.69) is 29.2 Å². The molecule has 1 aliphatic heterocycles. The molecule has 1 aromatic heterocycles. The summed E-state index contributed by atoms with van der Waals surface area (Å²) in [6.07, 6.45) is 4.19. The molecule has 5 nitrogen and oxygen atoms in total. The minimum Gasteiger partial charge on any atom is -0.489 e. The lowest BCUT2D eigenvalue weighted by Crippen LogP contribution is -2.37. The zero-order valence-electron chi connectivity index (χ0n) is 20.2. The summed E-state index contributed by atoms with van der Waals surface area (Å²) in [6, 6.07) is 26.5. The molecule has 0 bridgehead atoms. The fourth-order valence-electron chi connectivity index (χ4n) is 4.91. The quantitative estimate of drug-likeness (QED) is 0.292. The maximum atomic E-state index is 12.8. The van der Waals surface area contributed by atoms with Gasteiger partial charge in [0.05, 0.1) is 0 Å². The van der Waals surface area contributed by atoms with Crippen molar-refractivity contribution in [2.24, 2.45) is 0 Å². The van der Waals surface area contributed by atoms with Crippen molar-refractivity contribution in [3.8, 4) is 5.75 Å². The average Bonchev–Trinajstić information content (AvgIpc) is 3.56. The molecule has 1 atom stereocenters. The molecular formula is C30H32N2O3. The first-order chi connectivity index (χ1) is 17.2. The zero-order valence-corrected chi connectivity index (χ0v) is 20.2. The summed E-state index contributed by atoms with van der Waals surface area (Å²) >= 11 is 0. The number of hydrogen-bond donors (Lipinski definition) is 0. The Balaban J connectivity index is 1.41. The predicted octanol–water partition coefficient (Wildman–Crippen LogP) is 6.24. The molecule has 1 fully saturated rings. The third-order valence-corrected chi connectivity index (χ3v) is 6.77. The molecule has 1 saturated heterocycles. The molecule has 35 heavy (non-hydrogen) atoms. The maximum Gasteiger partial charge on any atom is 0.226 e. The van der Waals surface area contributed by atoms with Crippen LogP contribution in [0.15, 0.2) is 89.5 Å². The van der Waals surface area contributed by atoms with Crippen LogP contribution in [0.3, 0.4) is 0 Å². The predicted molar refractivity (Wildman–Crippen MR) is 140 cm³/mol. The number of fused-ring (bicyclic) bond motifs is 1. The first-order valence-corrected chi connectivity index (χ1v) is 12.4. The summed E-state index contributed by atoms with van der Waals surface area (Å²) < 4.78 is 12.0. The highest BCUT2D eigenvalue weighted by Crippen LogP contribution is 2.32. The molecule has 5 heteroatoms. The number of nitrogens with zero attached hydrogens (tertiary/aromatic N) is 2. The van der Waals surface area contributed by atoms with Crippen molar-refractivity contribution in [2.75, 3.05) is 31.1 Å². The van der Waals surface area contributed by atoms with Crippen LogP contribution in [0, 0.1) is 0 Å². The van der Waals surface area contributed by atoms with Gasteiger partial charge in [-0.25, -0.2) is 0 Å². The van der Waals surface area contributed by atoms with Crippen LogP contribution in [-0.2, 0) is 11.4 Å². The highest BCUT2D eigenvalue weighted by Gasteiger charge is 2.26. The largest absolute Gasteiger partial charge is 0.489 e. The van der Waals surface area contributed by atoms with E-state index >= 15 is 0 Å². The van der Waals surface area contributed by atoms with Gasteiger partial charge in [-0.15, -0.1) is 0 Å². The number of carbonyl (C=O) groups is 1. The number of rotatable bonds is 9. The zero-order chi connectivity index (χ0) is 24.0. The molecule has 5 rings (SSSR count). The van der Waals surface area contributed by atoms with Gasteiger partial charge in [0.1, 0.15) is 18.6 Å². The molecule has 4 aromatic rings. The molecular weight excluding hydrogens is 436 g/mol. The normalized spacial score (nSPS) is 14.8. The van der Waals surface area contributed by atoms with Gasteiger partial charge < -0.3 is 14.1 Å². The van der Waals surface area contributed by atoms with Crippen molar-refractivity contribution in [3.05, 3.63) is 96.3 Å². The number of carbonyl (C=O) groups excluding carboxylic acids is 1. The van der Waals surface area contributed by atoms with Crippen molar-refractivity contribution >= 4 is 22.6 Å². The van der Waals surface area contributed by atoms with Gasteiger partial charge in [0.2, 0.25) is 11.8 Å². The molecule has 0 saturated carbocycles. The van der Waals surface area contributed by atoms with Crippen LogP contribution in [0.4, 0.5) is 5.88 Å². The molecule has 0 N–H and O–H groups in total. The molecule has 1 amide bonds. The fourth-order valence-corrected chi connectivity index (χ4v) is 4.91. The summed E-state index contributed by atoms with van der Waals surface area (Å²) in [4.78, 5) is 17.1. The first-order valence-electron chi connectivity index (χ1n) is 12.4. The van der Waals surface area contributed by atoms with E-state index in [0.717, 1.165) is 41.7 Å². The summed E-state index contributed by atoms with van der Waals surface area (Å²) in [5.41, 5.74) is 2.31. The highest BCUT2D eigenvalue weighted by atomic mass is 16.5. The van der Waals surface area contributed by atoms with Gasteiger partial charge in [0.25, 0.3) is 0 Å². The molecule has 2 heterocycles. The second kappa shape index (κ2) is 10.8.